The Hall–Kier alpha value is -1.07. The van der Waals surface area contributed by atoms with E-state index in [-0.39, 0.29) is 5.91 Å². The van der Waals surface area contributed by atoms with Crippen molar-refractivity contribution < 1.29 is 14.4 Å². The van der Waals surface area contributed by atoms with Crippen LogP contribution in [0.1, 0.15) is 17.4 Å². The van der Waals surface area contributed by atoms with Crippen molar-refractivity contribution in [3.05, 3.63) is 15.8 Å². The predicted molar refractivity (Wildman–Crippen MR) is 59.1 cm³/mol. The summed E-state index contributed by atoms with van der Waals surface area (Å²) in [5, 5.41) is 1.98. The molecule has 84 valence electrons. The van der Waals surface area contributed by atoms with Crippen LogP contribution in [0.15, 0.2) is 5.38 Å². The van der Waals surface area contributed by atoms with Crippen molar-refractivity contribution >= 4 is 17.2 Å². The Morgan fingerprint density at radius 1 is 1.60 bits per heavy atom. The van der Waals surface area contributed by atoms with Gasteiger partial charge >= 0.3 is 0 Å². The summed E-state index contributed by atoms with van der Waals surface area (Å²) < 4.78 is 5.21. The Bertz CT molecular complexity index is 335. The molecule has 0 radical (unpaired) electrons. The number of aryl methyl sites for hydroxylation is 1. The van der Waals surface area contributed by atoms with E-state index in [0.717, 1.165) is 17.7 Å². The summed E-state index contributed by atoms with van der Waals surface area (Å²) in [7, 11) is 1.65. The van der Waals surface area contributed by atoms with E-state index in [1.165, 1.54) is 11.8 Å². The summed E-state index contributed by atoms with van der Waals surface area (Å²) in [4.78, 5) is 16.7. The third-order valence-corrected chi connectivity index (χ3v) is 2.89. The van der Waals surface area contributed by atoms with Gasteiger partial charge in [-0.3, -0.25) is 9.63 Å². The number of carbonyl (C=O) groups is 1. The van der Waals surface area contributed by atoms with Gasteiger partial charge in [0.1, 0.15) is 5.75 Å². The van der Waals surface area contributed by atoms with Gasteiger partial charge in [0, 0.05) is 29.2 Å². The fourth-order valence-electron chi connectivity index (χ4n) is 1.23. The highest BCUT2D eigenvalue weighted by Crippen LogP contribution is 2.28. The zero-order chi connectivity index (χ0) is 11.3. The van der Waals surface area contributed by atoms with Crippen molar-refractivity contribution in [2.75, 3.05) is 13.7 Å². The molecule has 4 nitrogen and oxygen atoms in total. The molecule has 0 aromatic carbocycles. The molecule has 1 heterocycles. The van der Waals surface area contributed by atoms with Gasteiger partial charge in [-0.1, -0.05) is 0 Å². The fourth-order valence-corrected chi connectivity index (χ4v) is 2.10. The SMILES string of the molecule is COc1csc(C)c1CCONC(C)=O. The van der Waals surface area contributed by atoms with E-state index in [0.29, 0.717) is 6.61 Å². The van der Waals surface area contributed by atoms with E-state index in [9.17, 15) is 4.79 Å². The zero-order valence-corrected chi connectivity index (χ0v) is 9.94. The van der Waals surface area contributed by atoms with Gasteiger partial charge in [-0.2, -0.15) is 0 Å². The first-order valence-corrected chi connectivity index (χ1v) is 5.52. The number of nitrogens with one attached hydrogen (secondary N) is 1. The van der Waals surface area contributed by atoms with Crippen LogP contribution in [-0.4, -0.2) is 19.6 Å². The monoisotopic (exact) mass is 229 g/mol. The maximum atomic E-state index is 10.5. The van der Waals surface area contributed by atoms with Crippen LogP contribution in [0.25, 0.3) is 0 Å². The molecule has 0 saturated heterocycles. The number of thiophene rings is 1. The molecular weight excluding hydrogens is 214 g/mol. The van der Waals surface area contributed by atoms with E-state index in [1.54, 1.807) is 18.4 Å². The minimum atomic E-state index is -0.191. The normalized spacial score (nSPS) is 10.1. The first-order chi connectivity index (χ1) is 7.15. The summed E-state index contributed by atoms with van der Waals surface area (Å²) in [5.41, 5.74) is 3.43. The second-order valence-electron chi connectivity index (χ2n) is 3.10. The lowest BCUT2D eigenvalue weighted by molar-refractivity contribution is -0.131. The Kier molecular flexibility index (Phi) is 4.58. The van der Waals surface area contributed by atoms with Gasteiger partial charge in [0.25, 0.3) is 0 Å². The summed E-state index contributed by atoms with van der Waals surface area (Å²) in [5.74, 6) is 0.702. The van der Waals surface area contributed by atoms with Gasteiger partial charge in [0.05, 0.1) is 13.7 Å². The van der Waals surface area contributed by atoms with Gasteiger partial charge in [0.2, 0.25) is 5.91 Å². The number of methoxy groups -OCH3 is 1. The van der Waals surface area contributed by atoms with Crippen molar-refractivity contribution in [1.82, 2.24) is 5.48 Å². The van der Waals surface area contributed by atoms with Crippen LogP contribution in [0, 0.1) is 6.92 Å². The molecule has 0 aliphatic rings. The predicted octanol–water partition coefficient (Wildman–Crippen LogP) is 1.68. The van der Waals surface area contributed by atoms with Crippen molar-refractivity contribution in [2.45, 2.75) is 20.3 Å². The third kappa shape index (κ3) is 3.53. The van der Waals surface area contributed by atoms with Crippen molar-refractivity contribution in [3.8, 4) is 5.75 Å². The Morgan fingerprint density at radius 2 is 2.33 bits per heavy atom. The van der Waals surface area contributed by atoms with E-state index in [1.807, 2.05) is 12.3 Å². The van der Waals surface area contributed by atoms with Gasteiger partial charge in [-0.15, -0.1) is 11.3 Å². The highest BCUT2D eigenvalue weighted by molar-refractivity contribution is 7.10. The van der Waals surface area contributed by atoms with Crippen LogP contribution in [0.3, 0.4) is 0 Å². The molecule has 0 atom stereocenters. The number of hydroxylamine groups is 1. The molecule has 0 aliphatic carbocycles. The molecule has 0 unspecified atom stereocenters. The molecule has 0 saturated carbocycles. The lowest BCUT2D eigenvalue weighted by Crippen LogP contribution is -2.21. The number of carbonyl (C=O) groups excluding carboxylic acids is 1. The average Bonchev–Trinajstić information content (AvgIpc) is 2.54. The topological polar surface area (TPSA) is 47.6 Å². The highest BCUT2D eigenvalue weighted by Gasteiger charge is 2.08. The summed E-state index contributed by atoms with van der Waals surface area (Å²) in [6.45, 7) is 3.91. The molecule has 1 amide bonds. The molecule has 0 aliphatic heterocycles. The minimum absolute atomic E-state index is 0.191. The second kappa shape index (κ2) is 5.72. The largest absolute Gasteiger partial charge is 0.496 e. The molecule has 0 bridgehead atoms. The average molecular weight is 229 g/mol. The first kappa shape index (κ1) is 12.0. The Labute approximate surface area is 93.2 Å². The standard InChI is InChI=1S/C10H15NO3S/c1-7-9(10(13-3)6-15-7)4-5-14-11-8(2)12/h6H,4-5H2,1-3H3,(H,11,12). The van der Waals surface area contributed by atoms with Crippen molar-refractivity contribution in [3.63, 3.8) is 0 Å². The Morgan fingerprint density at radius 3 is 2.93 bits per heavy atom. The highest BCUT2D eigenvalue weighted by atomic mass is 32.1. The maximum absolute atomic E-state index is 10.5. The first-order valence-electron chi connectivity index (χ1n) is 4.64. The van der Waals surface area contributed by atoms with Gasteiger partial charge in [-0.25, -0.2) is 5.48 Å². The van der Waals surface area contributed by atoms with E-state index < -0.39 is 0 Å². The molecule has 1 rings (SSSR count). The molecule has 5 heteroatoms. The van der Waals surface area contributed by atoms with Gasteiger partial charge in [0.15, 0.2) is 0 Å². The van der Waals surface area contributed by atoms with Crippen LogP contribution >= 0.6 is 11.3 Å². The smallest absolute Gasteiger partial charge is 0.240 e. The lowest BCUT2D eigenvalue weighted by atomic mass is 10.2. The van der Waals surface area contributed by atoms with Gasteiger partial charge in [-0.05, 0) is 6.92 Å². The Balaban J connectivity index is 2.42. The van der Waals surface area contributed by atoms with Crippen LogP contribution < -0.4 is 10.2 Å². The molecule has 1 aromatic heterocycles. The number of hydrogen-bond donors (Lipinski definition) is 1. The molecular formula is C10H15NO3S. The summed E-state index contributed by atoms with van der Waals surface area (Å²) in [6, 6.07) is 0. The van der Waals surface area contributed by atoms with Gasteiger partial charge < -0.3 is 4.74 Å². The third-order valence-electron chi connectivity index (χ3n) is 1.96. The quantitative estimate of drug-likeness (QED) is 0.617. The zero-order valence-electron chi connectivity index (χ0n) is 9.12. The lowest BCUT2D eigenvalue weighted by Gasteiger charge is -2.05. The second-order valence-corrected chi connectivity index (χ2v) is 4.18. The van der Waals surface area contributed by atoms with E-state index in [2.05, 4.69) is 5.48 Å². The summed E-state index contributed by atoms with van der Waals surface area (Å²) in [6.07, 6.45) is 0.735. The van der Waals surface area contributed by atoms with E-state index in [4.69, 9.17) is 9.57 Å². The number of hydrogen-bond acceptors (Lipinski definition) is 4. The summed E-state index contributed by atoms with van der Waals surface area (Å²) >= 11 is 1.65. The van der Waals surface area contributed by atoms with Crippen LogP contribution in [-0.2, 0) is 16.1 Å². The van der Waals surface area contributed by atoms with Crippen LogP contribution in [0.5, 0.6) is 5.75 Å². The molecule has 0 fully saturated rings. The minimum Gasteiger partial charge on any atom is -0.496 e. The molecule has 1 aromatic rings. The molecule has 15 heavy (non-hydrogen) atoms. The number of ether oxygens (including phenoxy) is 1. The van der Waals surface area contributed by atoms with Crippen molar-refractivity contribution in [1.29, 1.82) is 0 Å². The van der Waals surface area contributed by atoms with E-state index >= 15 is 0 Å². The number of rotatable bonds is 5. The van der Waals surface area contributed by atoms with Crippen molar-refractivity contribution in [2.24, 2.45) is 0 Å². The molecule has 1 N–H and O–H groups in total. The number of amides is 1. The van der Waals surface area contributed by atoms with Crippen LogP contribution in [0.4, 0.5) is 0 Å². The molecule has 0 spiro atoms. The maximum Gasteiger partial charge on any atom is 0.240 e. The fraction of sp³-hybridized carbons (Fsp3) is 0.500. The van der Waals surface area contributed by atoms with Crippen LogP contribution in [0.2, 0.25) is 0 Å².